The highest BCUT2D eigenvalue weighted by molar-refractivity contribution is 7.99. The molecule has 2 aromatic heterocycles. The normalized spacial score (nSPS) is 16.2. The maximum atomic E-state index is 13.6. The average Bonchev–Trinajstić information content (AvgIpc) is 3.43. The van der Waals surface area contributed by atoms with E-state index in [0.29, 0.717) is 17.5 Å². The van der Waals surface area contributed by atoms with Crippen LogP contribution in [0.15, 0.2) is 40.3 Å². The molecule has 156 valence electrons. The molecule has 0 bridgehead atoms. The van der Waals surface area contributed by atoms with Crippen molar-refractivity contribution in [3.05, 3.63) is 56.7 Å². The van der Waals surface area contributed by atoms with Gasteiger partial charge in [0.25, 0.3) is 5.56 Å². The Bertz CT molecular complexity index is 1130. The van der Waals surface area contributed by atoms with Crippen LogP contribution in [0.4, 0.5) is 0 Å². The second-order valence-corrected chi connectivity index (χ2v) is 10.1. The molecule has 7 heteroatoms. The number of thioether (sulfide) groups is 1. The van der Waals surface area contributed by atoms with E-state index >= 15 is 0 Å². The average molecular weight is 440 g/mol. The molecule has 1 aliphatic heterocycles. The zero-order valence-electron chi connectivity index (χ0n) is 16.9. The molecule has 0 atom stereocenters. The molecule has 1 aliphatic carbocycles. The third-order valence-electron chi connectivity index (χ3n) is 6.01. The van der Waals surface area contributed by atoms with Crippen LogP contribution in [-0.2, 0) is 24.2 Å². The van der Waals surface area contributed by atoms with Crippen LogP contribution in [0, 0.1) is 0 Å². The first kappa shape index (κ1) is 19.8. The van der Waals surface area contributed by atoms with Crippen LogP contribution in [0.5, 0.6) is 0 Å². The number of likely N-dealkylation sites (tertiary alicyclic amines) is 1. The molecule has 5 rings (SSSR count). The first-order chi connectivity index (χ1) is 14.7. The number of aromatic nitrogens is 2. The number of nitrogens with zero attached hydrogens (tertiary/aromatic N) is 3. The molecule has 5 nitrogen and oxygen atoms in total. The monoisotopic (exact) mass is 439 g/mol. The molecule has 0 spiro atoms. The van der Waals surface area contributed by atoms with Gasteiger partial charge in [-0.05, 0) is 49.7 Å². The summed E-state index contributed by atoms with van der Waals surface area (Å²) in [5.41, 5.74) is 2.32. The number of carbonyl (C=O) groups excluding carboxylic acids is 1. The largest absolute Gasteiger partial charge is 0.342 e. The molecule has 3 heterocycles. The Labute approximate surface area is 184 Å². The lowest BCUT2D eigenvalue weighted by atomic mass is 9.97. The summed E-state index contributed by atoms with van der Waals surface area (Å²) in [4.78, 5) is 35.2. The van der Waals surface area contributed by atoms with Gasteiger partial charge >= 0.3 is 0 Å². The number of thiophene rings is 1. The van der Waals surface area contributed by atoms with Crippen molar-refractivity contribution >= 4 is 39.2 Å². The lowest BCUT2D eigenvalue weighted by molar-refractivity contribution is -0.127. The van der Waals surface area contributed by atoms with E-state index in [-0.39, 0.29) is 11.5 Å². The van der Waals surface area contributed by atoms with Crippen molar-refractivity contribution in [2.75, 3.05) is 18.8 Å². The van der Waals surface area contributed by atoms with Crippen LogP contribution in [0.3, 0.4) is 0 Å². The van der Waals surface area contributed by atoms with Crippen LogP contribution >= 0.6 is 23.1 Å². The molecule has 0 unspecified atom stereocenters. The second kappa shape index (κ2) is 8.55. The van der Waals surface area contributed by atoms with E-state index in [1.54, 1.807) is 15.9 Å². The fourth-order valence-electron chi connectivity index (χ4n) is 4.42. The van der Waals surface area contributed by atoms with Crippen molar-refractivity contribution in [1.29, 1.82) is 0 Å². The standard InChI is InChI=1S/C23H25N3O2S2/c27-19(25-12-6-7-13-25)15-29-23-24-21-20(17-10-4-5-11-18(17)30-21)22(28)26(23)14-16-8-2-1-3-9-16/h1-3,8-9H,4-7,10-15H2. The minimum absolute atomic E-state index is 0.0411. The van der Waals surface area contributed by atoms with Crippen molar-refractivity contribution in [1.82, 2.24) is 14.5 Å². The highest BCUT2D eigenvalue weighted by atomic mass is 32.2. The van der Waals surface area contributed by atoms with Gasteiger partial charge in [0.05, 0.1) is 17.7 Å². The molecule has 1 fully saturated rings. The number of carbonyl (C=O) groups is 1. The third-order valence-corrected chi connectivity index (χ3v) is 8.15. The minimum Gasteiger partial charge on any atom is -0.342 e. The van der Waals surface area contributed by atoms with Crippen LogP contribution in [0.2, 0.25) is 0 Å². The molecular formula is C23H25N3O2S2. The third kappa shape index (κ3) is 3.81. The lowest BCUT2D eigenvalue weighted by Crippen LogP contribution is -2.30. The second-order valence-electron chi connectivity index (χ2n) is 8.04. The van der Waals surface area contributed by atoms with E-state index in [2.05, 4.69) is 0 Å². The van der Waals surface area contributed by atoms with Gasteiger partial charge in [-0.2, -0.15) is 0 Å². The van der Waals surface area contributed by atoms with Gasteiger partial charge < -0.3 is 4.90 Å². The topological polar surface area (TPSA) is 55.2 Å². The molecule has 1 amide bonds. The highest BCUT2D eigenvalue weighted by Crippen LogP contribution is 2.35. The molecule has 0 radical (unpaired) electrons. The lowest BCUT2D eigenvalue weighted by Gasteiger charge is -2.16. The maximum Gasteiger partial charge on any atom is 0.263 e. The van der Waals surface area contributed by atoms with E-state index in [4.69, 9.17) is 4.98 Å². The van der Waals surface area contributed by atoms with Gasteiger partial charge in [0.2, 0.25) is 5.91 Å². The summed E-state index contributed by atoms with van der Waals surface area (Å²) in [5, 5.41) is 1.46. The van der Waals surface area contributed by atoms with Crippen molar-refractivity contribution < 1.29 is 4.79 Å². The van der Waals surface area contributed by atoms with E-state index in [1.807, 2.05) is 35.2 Å². The van der Waals surface area contributed by atoms with Crippen LogP contribution in [-0.4, -0.2) is 39.2 Å². The fraction of sp³-hybridized carbons (Fsp3) is 0.435. The molecular weight excluding hydrogens is 414 g/mol. The minimum atomic E-state index is 0.0411. The fourth-order valence-corrected chi connectivity index (χ4v) is 6.62. The molecule has 2 aliphatic rings. The summed E-state index contributed by atoms with van der Waals surface area (Å²) in [7, 11) is 0. The smallest absolute Gasteiger partial charge is 0.263 e. The van der Waals surface area contributed by atoms with E-state index in [1.165, 1.54) is 28.6 Å². The molecule has 0 saturated carbocycles. The summed E-state index contributed by atoms with van der Waals surface area (Å²) in [6.07, 6.45) is 6.50. The summed E-state index contributed by atoms with van der Waals surface area (Å²) in [6.45, 7) is 2.17. The van der Waals surface area contributed by atoms with Crippen LogP contribution in [0.1, 0.15) is 41.7 Å². The van der Waals surface area contributed by atoms with Crippen molar-refractivity contribution in [2.45, 2.75) is 50.2 Å². The van der Waals surface area contributed by atoms with Gasteiger partial charge in [-0.25, -0.2) is 4.98 Å². The Hall–Kier alpha value is -2.12. The molecule has 3 aromatic rings. The number of aryl methyl sites for hydroxylation is 2. The Morgan fingerprint density at radius 1 is 1.07 bits per heavy atom. The molecule has 1 aromatic carbocycles. The summed E-state index contributed by atoms with van der Waals surface area (Å²) < 4.78 is 1.78. The summed E-state index contributed by atoms with van der Waals surface area (Å²) >= 11 is 3.07. The first-order valence-corrected chi connectivity index (χ1v) is 12.5. The van der Waals surface area contributed by atoms with E-state index in [0.717, 1.165) is 61.0 Å². The van der Waals surface area contributed by atoms with Crippen molar-refractivity contribution in [2.24, 2.45) is 0 Å². The predicted molar refractivity (Wildman–Crippen MR) is 123 cm³/mol. The molecule has 0 N–H and O–H groups in total. The Morgan fingerprint density at radius 3 is 2.63 bits per heavy atom. The van der Waals surface area contributed by atoms with E-state index < -0.39 is 0 Å². The number of benzene rings is 1. The predicted octanol–water partition coefficient (Wildman–Crippen LogP) is 4.10. The van der Waals surface area contributed by atoms with Crippen LogP contribution < -0.4 is 5.56 Å². The summed E-state index contributed by atoms with van der Waals surface area (Å²) in [5.74, 6) is 0.473. The van der Waals surface area contributed by atoms with Gasteiger partial charge in [-0.1, -0.05) is 42.1 Å². The maximum absolute atomic E-state index is 13.6. The number of hydrogen-bond acceptors (Lipinski definition) is 5. The number of rotatable bonds is 5. The van der Waals surface area contributed by atoms with Gasteiger partial charge in [-0.3, -0.25) is 14.2 Å². The first-order valence-electron chi connectivity index (χ1n) is 10.7. The zero-order chi connectivity index (χ0) is 20.5. The van der Waals surface area contributed by atoms with E-state index in [9.17, 15) is 9.59 Å². The zero-order valence-corrected chi connectivity index (χ0v) is 18.6. The quantitative estimate of drug-likeness (QED) is 0.444. The highest BCUT2D eigenvalue weighted by Gasteiger charge is 2.24. The Balaban J connectivity index is 1.54. The molecule has 30 heavy (non-hydrogen) atoms. The van der Waals surface area contributed by atoms with Gasteiger partial charge in [0.1, 0.15) is 4.83 Å². The Morgan fingerprint density at radius 2 is 1.83 bits per heavy atom. The number of hydrogen-bond donors (Lipinski definition) is 0. The molecule has 1 saturated heterocycles. The van der Waals surface area contributed by atoms with Crippen LogP contribution in [0.25, 0.3) is 10.2 Å². The van der Waals surface area contributed by atoms with Gasteiger partial charge in [0.15, 0.2) is 5.16 Å². The van der Waals surface area contributed by atoms with Crippen molar-refractivity contribution in [3.8, 4) is 0 Å². The van der Waals surface area contributed by atoms with Gasteiger partial charge in [0, 0.05) is 18.0 Å². The Kier molecular flexibility index (Phi) is 5.65. The number of fused-ring (bicyclic) bond motifs is 3. The van der Waals surface area contributed by atoms with Gasteiger partial charge in [-0.15, -0.1) is 11.3 Å². The summed E-state index contributed by atoms with van der Waals surface area (Å²) in [6, 6.07) is 10.0. The SMILES string of the molecule is O=C(CSc1nc2sc3c(c2c(=O)n1Cc1ccccc1)CCCC3)N1CCCC1. The van der Waals surface area contributed by atoms with Crippen molar-refractivity contribution in [3.63, 3.8) is 0 Å². The number of amides is 1.